The second kappa shape index (κ2) is 4.89. The summed E-state index contributed by atoms with van der Waals surface area (Å²) in [4.78, 5) is 8.98. The van der Waals surface area contributed by atoms with E-state index in [1.807, 2.05) is 26.1 Å². The highest BCUT2D eigenvalue weighted by atomic mass is 16.4. The van der Waals surface area contributed by atoms with Gasteiger partial charge < -0.3 is 20.4 Å². The number of furan rings is 1. The first-order valence-corrected chi connectivity index (χ1v) is 6.38. The summed E-state index contributed by atoms with van der Waals surface area (Å²) in [6, 6.07) is 3.83. The van der Waals surface area contributed by atoms with E-state index in [1.165, 1.54) is 0 Å². The summed E-state index contributed by atoms with van der Waals surface area (Å²) in [6.45, 7) is 3.65. The molecule has 0 atom stereocenters. The number of hydrogen-bond donors (Lipinski definition) is 3. The van der Waals surface area contributed by atoms with Crippen LogP contribution in [0.25, 0.3) is 0 Å². The lowest BCUT2D eigenvalue weighted by atomic mass is 10.1. The van der Waals surface area contributed by atoms with Crippen LogP contribution in [0.2, 0.25) is 0 Å². The Kier molecular flexibility index (Phi) is 3.08. The molecule has 0 bridgehead atoms. The molecule has 0 aromatic carbocycles. The minimum absolute atomic E-state index is 0.631. The van der Waals surface area contributed by atoms with E-state index in [4.69, 9.17) is 4.42 Å². The first-order valence-electron chi connectivity index (χ1n) is 6.38. The zero-order valence-electron chi connectivity index (χ0n) is 11.1. The molecule has 2 aromatic rings. The summed E-state index contributed by atoms with van der Waals surface area (Å²) >= 11 is 0. The van der Waals surface area contributed by atoms with Gasteiger partial charge in [0.05, 0.1) is 5.69 Å². The Balaban J connectivity index is 1.98. The summed E-state index contributed by atoms with van der Waals surface area (Å²) in [5.41, 5.74) is 2.20. The molecule has 0 aliphatic carbocycles. The van der Waals surface area contributed by atoms with Gasteiger partial charge in [-0.2, -0.15) is 4.98 Å². The largest absolute Gasteiger partial charge is 0.446 e. The molecule has 0 fully saturated rings. The first kappa shape index (κ1) is 12.0. The number of hydrogen-bond acceptors (Lipinski definition) is 6. The van der Waals surface area contributed by atoms with Crippen molar-refractivity contribution >= 4 is 17.7 Å². The Bertz CT molecular complexity index is 593. The van der Waals surface area contributed by atoms with Gasteiger partial charge in [0.25, 0.3) is 0 Å². The minimum Gasteiger partial charge on any atom is -0.446 e. The van der Waals surface area contributed by atoms with Crippen LogP contribution in [-0.4, -0.2) is 23.6 Å². The smallest absolute Gasteiger partial charge is 0.224 e. The van der Waals surface area contributed by atoms with Crippen LogP contribution in [0.5, 0.6) is 0 Å². The fourth-order valence-corrected chi connectivity index (χ4v) is 2.18. The van der Waals surface area contributed by atoms with Gasteiger partial charge in [-0.1, -0.05) is 0 Å². The topological polar surface area (TPSA) is 75.0 Å². The molecule has 1 aliphatic heterocycles. The predicted molar refractivity (Wildman–Crippen MR) is 73.7 cm³/mol. The molecule has 3 rings (SSSR count). The number of aryl methyl sites for hydroxylation is 1. The highest BCUT2D eigenvalue weighted by molar-refractivity contribution is 5.58. The van der Waals surface area contributed by atoms with Gasteiger partial charge in [0, 0.05) is 38.2 Å². The zero-order chi connectivity index (χ0) is 13.2. The van der Waals surface area contributed by atoms with Crippen LogP contribution in [0.15, 0.2) is 16.5 Å². The number of rotatable bonds is 3. The molecule has 6 nitrogen and oxygen atoms in total. The van der Waals surface area contributed by atoms with E-state index in [0.29, 0.717) is 11.8 Å². The molecule has 0 saturated carbocycles. The van der Waals surface area contributed by atoms with E-state index >= 15 is 0 Å². The van der Waals surface area contributed by atoms with Crippen LogP contribution in [0.1, 0.15) is 17.0 Å². The van der Waals surface area contributed by atoms with E-state index in [-0.39, 0.29) is 0 Å². The molecular formula is C13H17N5O. The summed E-state index contributed by atoms with van der Waals surface area (Å²) in [7, 11) is 1.82. The number of nitrogens with zero attached hydrogens (tertiary/aromatic N) is 2. The summed E-state index contributed by atoms with van der Waals surface area (Å²) in [5.74, 6) is 3.01. The van der Waals surface area contributed by atoms with E-state index in [0.717, 1.165) is 42.3 Å². The Labute approximate surface area is 111 Å². The van der Waals surface area contributed by atoms with Gasteiger partial charge in [0.1, 0.15) is 11.6 Å². The fourth-order valence-electron chi connectivity index (χ4n) is 2.18. The predicted octanol–water partition coefficient (Wildman–Crippen LogP) is 1.81. The highest BCUT2D eigenvalue weighted by Gasteiger charge is 2.18. The van der Waals surface area contributed by atoms with Crippen molar-refractivity contribution < 1.29 is 4.42 Å². The van der Waals surface area contributed by atoms with Gasteiger partial charge in [-0.15, -0.1) is 0 Å². The normalized spacial score (nSPS) is 14.0. The Hall–Kier alpha value is -2.08. The van der Waals surface area contributed by atoms with Gasteiger partial charge in [-0.05, 0) is 13.0 Å². The molecule has 1 aliphatic rings. The fraction of sp³-hybridized carbons (Fsp3) is 0.385. The standard InChI is InChI=1S/C13H17N5O/c1-8-3-4-11(19-8)17-12-9-7-15-6-5-10(9)16-13(14-2)18-12/h3-4,15H,5-7H2,1-2H3,(H2,14,16,17,18). The maximum Gasteiger partial charge on any atom is 0.224 e. The maximum atomic E-state index is 5.54. The molecular weight excluding hydrogens is 242 g/mol. The Morgan fingerprint density at radius 3 is 2.95 bits per heavy atom. The molecule has 0 spiro atoms. The van der Waals surface area contributed by atoms with Crippen LogP contribution in [-0.2, 0) is 13.0 Å². The van der Waals surface area contributed by atoms with Gasteiger partial charge in [0.15, 0.2) is 5.88 Å². The average molecular weight is 259 g/mol. The maximum absolute atomic E-state index is 5.54. The van der Waals surface area contributed by atoms with Crippen LogP contribution in [0.4, 0.5) is 17.7 Å². The molecule has 19 heavy (non-hydrogen) atoms. The lowest BCUT2D eigenvalue weighted by molar-refractivity contribution is 0.550. The third-order valence-electron chi connectivity index (χ3n) is 3.14. The SMILES string of the molecule is CNc1nc2c(c(Nc3ccc(C)o3)n1)CNCC2. The summed E-state index contributed by atoms with van der Waals surface area (Å²) < 4.78 is 5.54. The number of anilines is 3. The number of fused-ring (bicyclic) bond motifs is 1. The molecule has 3 heterocycles. The van der Waals surface area contributed by atoms with Crippen LogP contribution in [0, 0.1) is 6.92 Å². The quantitative estimate of drug-likeness (QED) is 0.780. The first-order chi connectivity index (χ1) is 9.26. The summed E-state index contributed by atoms with van der Waals surface area (Å²) in [6.07, 6.45) is 0.915. The summed E-state index contributed by atoms with van der Waals surface area (Å²) in [5, 5.41) is 9.56. The molecule has 100 valence electrons. The molecule has 0 amide bonds. The molecule has 0 unspecified atom stereocenters. The Morgan fingerprint density at radius 1 is 1.32 bits per heavy atom. The highest BCUT2D eigenvalue weighted by Crippen LogP contribution is 2.25. The van der Waals surface area contributed by atoms with E-state index in [9.17, 15) is 0 Å². The lowest BCUT2D eigenvalue weighted by Gasteiger charge is -2.19. The minimum atomic E-state index is 0.631. The van der Waals surface area contributed by atoms with Gasteiger partial charge >= 0.3 is 0 Å². The van der Waals surface area contributed by atoms with E-state index in [1.54, 1.807) is 0 Å². The van der Waals surface area contributed by atoms with Crippen molar-refractivity contribution in [3.05, 3.63) is 29.2 Å². The van der Waals surface area contributed by atoms with Crippen molar-refractivity contribution in [2.75, 3.05) is 24.2 Å². The molecule has 3 N–H and O–H groups in total. The van der Waals surface area contributed by atoms with Crippen molar-refractivity contribution in [3.8, 4) is 0 Å². The second-order valence-electron chi connectivity index (χ2n) is 4.53. The molecule has 0 radical (unpaired) electrons. The second-order valence-corrected chi connectivity index (χ2v) is 4.53. The van der Waals surface area contributed by atoms with Crippen LogP contribution < -0.4 is 16.0 Å². The van der Waals surface area contributed by atoms with Crippen molar-refractivity contribution in [2.24, 2.45) is 0 Å². The van der Waals surface area contributed by atoms with Crippen molar-refractivity contribution in [1.82, 2.24) is 15.3 Å². The van der Waals surface area contributed by atoms with Gasteiger partial charge in [-0.3, -0.25) is 0 Å². The monoisotopic (exact) mass is 259 g/mol. The zero-order valence-corrected chi connectivity index (χ0v) is 11.1. The molecule has 6 heteroatoms. The van der Waals surface area contributed by atoms with Crippen molar-refractivity contribution in [1.29, 1.82) is 0 Å². The average Bonchev–Trinajstić information content (AvgIpc) is 2.84. The van der Waals surface area contributed by atoms with Crippen LogP contribution >= 0.6 is 0 Å². The third kappa shape index (κ3) is 2.39. The number of aromatic nitrogens is 2. The molecule has 2 aromatic heterocycles. The van der Waals surface area contributed by atoms with Crippen molar-refractivity contribution in [3.63, 3.8) is 0 Å². The Morgan fingerprint density at radius 2 is 2.21 bits per heavy atom. The molecule has 0 saturated heterocycles. The van der Waals surface area contributed by atoms with E-state index in [2.05, 4.69) is 25.9 Å². The van der Waals surface area contributed by atoms with Crippen LogP contribution in [0.3, 0.4) is 0 Å². The van der Waals surface area contributed by atoms with E-state index < -0.39 is 0 Å². The lowest BCUT2D eigenvalue weighted by Crippen LogP contribution is -2.26. The number of nitrogens with one attached hydrogen (secondary N) is 3. The van der Waals surface area contributed by atoms with Crippen molar-refractivity contribution in [2.45, 2.75) is 19.9 Å². The van der Waals surface area contributed by atoms with Gasteiger partial charge in [0.2, 0.25) is 5.95 Å². The third-order valence-corrected chi connectivity index (χ3v) is 3.14. The van der Waals surface area contributed by atoms with Gasteiger partial charge in [-0.25, -0.2) is 4.98 Å².